The number of rotatable bonds is 3. The Hall–Kier alpha value is -3.66. The number of anilines is 1. The fourth-order valence-electron chi connectivity index (χ4n) is 3.33. The van der Waals surface area contributed by atoms with Gasteiger partial charge in [0.2, 0.25) is 5.95 Å². The van der Waals surface area contributed by atoms with Crippen molar-refractivity contribution in [3.8, 4) is 17.6 Å². The zero-order valence-corrected chi connectivity index (χ0v) is 14.4. The van der Waals surface area contributed by atoms with Gasteiger partial charge in [0.15, 0.2) is 11.5 Å². The Kier molecular flexibility index (Phi) is 3.66. The summed E-state index contributed by atoms with van der Waals surface area (Å²) in [5.41, 5.74) is 9.16. The summed E-state index contributed by atoms with van der Waals surface area (Å²) in [5, 5.41) is 13.1. The minimum Gasteiger partial charge on any atom is -0.493 e. The van der Waals surface area contributed by atoms with Gasteiger partial charge in [-0.2, -0.15) is 5.26 Å². The van der Waals surface area contributed by atoms with E-state index < -0.39 is 6.04 Å². The first kappa shape index (κ1) is 15.8. The predicted molar refractivity (Wildman–Crippen MR) is 98.7 cm³/mol. The van der Waals surface area contributed by atoms with Crippen LogP contribution in [0.3, 0.4) is 0 Å². The van der Waals surface area contributed by atoms with Crippen molar-refractivity contribution in [2.45, 2.75) is 6.04 Å². The highest BCUT2D eigenvalue weighted by atomic mass is 16.5. The summed E-state index contributed by atoms with van der Waals surface area (Å²) in [5.74, 6) is 2.07. The number of ether oxygens (including phenoxy) is 2. The lowest BCUT2D eigenvalue weighted by Crippen LogP contribution is -2.26. The van der Waals surface area contributed by atoms with Crippen molar-refractivity contribution in [3.05, 3.63) is 53.6 Å². The van der Waals surface area contributed by atoms with Crippen molar-refractivity contribution in [2.75, 3.05) is 19.5 Å². The van der Waals surface area contributed by atoms with Crippen LogP contribution in [0.1, 0.15) is 11.6 Å². The minimum absolute atomic E-state index is 0.352. The number of imidazole rings is 1. The number of para-hydroxylation sites is 3. The Morgan fingerprint density at radius 3 is 2.69 bits per heavy atom. The maximum absolute atomic E-state index is 9.78. The standard InChI is InChI=1S/C19H17N5O2/c1-25-15-9-5-6-11(17(15)26-2)16-12(10-20)18(21)24-14-8-4-3-7-13(14)22-19(24)23-16/h3-9,16H,21H2,1-2H3,(H,22,23)/t16-/m1/s1. The molecule has 7 nitrogen and oxygen atoms in total. The molecule has 1 aliphatic heterocycles. The van der Waals surface area contributed by atoms with E-state index in [1.54, 1.807) is 24.9 Å². The largest absolute Gasteiger partial charge is 0.493 e. The molecule has 0 aliphatic carbocycles. The van der Waals surface area contributed by atoms with Gasteiger partial charge in [0.05, 0.1) is 36.9 Å². The third-order valence-electron chi connectivity index (χ3n) is 4.50. The molecule has 0 amide bonds. The molecule has 3 N–H and O–H groups in total. The summed E-state index contributed by atoms with van der Waals surface area (Å²) < 4.78 is 12.7. The summed E-state index contributed by atoms with van der Waals surface area (Å²) in [7, 11) is 3.14. The van der Waals surface area contributed by atoms with Gasteiger partial charge < -0.3 is 20.5 Å². The topological polar surface area (TPSA) is 98.1 Å². The molecule has 1 aliphatic rings. The summed E-state index contributed by atoms with van der Waals surface area (Å²) in [6, 6.07) is 14.9. The maximum Gasteiger partial charge on any atom is 0.210 e. The second kappa shape index (κ2) is 6.01. The van der Waals surface area contributed by atoms with Gasteiger partial charge in [-0.25, -0.2) is 4.98 Å². The predicted octanol–water partition coefficient (Wildman–Crippen LogP) is 2.87. The Morgan fingerprint density at radius 1 is 1.15 bits per heavy atom. The lowest BCUT2D eigenvalue weighted by Gasteiger charge is -2.28. The van der Waals surface area contributed by atoms with E-state index in [2.05, 4.69) is 16.4 Å². The van der Waals surface area contributed by atoms with E-state index in [-0.39, 0.29) is 0 Å². The number of methoxy groups -OCH3 is 2. The van der Waals surface area contributed by atoms with Gasteiger partial charge in [0.25, 0.3) is 0 Å². The molecular formula is C19H17N5O2. The van der Waals surface area contributed by atoms with E-state index in [0.29, 0.717) is 28.8 Å². The fraction of sp³-hybridized carbons (Fsp3) is 0.158. The average Bonchev–Trinajstić information content (AvgIpc) is 3.05. The summed E-state index contributed by atoms with van der Waals surface area (Å²) >= 11 is 0. The average molecular weight is 347 g/mol. The van der Waals surface area contributed by atoms with E-state index in [4.69, 9.17) is 15.2 Å². The van der Waals surface area contributed by atoms with Crippen LogP contribution < -0.4 is 20.5 Å². The third kappa shape index (κ3) is 2.16. The highest BCUT2D eigenvalue weighted by Crippen LogP contribution is 2.42. The molecular weight excluding hydrogens is 330 g/mol. The van der Waals surface area contributed by atoms with E-state index in [0.717, 1.165) is 16.6 Å². The Labute approximate surface area is 150 Å². The molecule has 0 spiro atoms. The van der Waals surface area contributed by atoms with Crippen molar-refractivity contribution in [1.29, 1.82) is 5.26 Å². The molecule has 0 saturated carbocycles. The molecule has 130 valence electrons. The molecule has 7 heteroatoms. The maximum atomic E-state index is 9.78. The van der Waals surface area contributed by atoms with Gasteiger partial charge >= 0.3 is 0 Å². The second-order valence-electron chi connectivity index (χ2n) is 5.83. The van der Waals surface area contributed by atoms with Crippen molar-refractivity contribution >= 4 is 22.8 Å². The Bertz CT molecular complexity index is 1080. The van der Waals surface area contributed by atoms with Gasteiger partial charge in [-0.3, -0.25) is 4.57 Å². The molecule has 3 aromatic rings. The van der Waals surface area contributed by atoms with Gasteiger partial charge in [-0.05, 0) is 18.2 Å². The van der Waals surface area contributed by atoms with Crippen LogP contribution in [0.4, 0.5) is 5.95 Å². The summed E-state index contributed by atoms with van der Waals surface area (Å²) in [6.45, 7) is 0. The number of nitrogens with two attached hydrogens (primary N) is 1. The molecule has 1 aromatic heterocycles. The molecule has 2 heterocycles. The fourth-order valence-corrected chi connectivity index (χ4v) is 3.33. The van der Waals surface area contributed by atoms with Crippen LogP contribution in [0.25, 0.3) is 16.9 Å². The highest BCUT2D eigenvalue weighted by molar-refractivity contribution is 5.85. The number of benzene rings is 2. The number of nitrogens with zero attached hydrogens (tertiary/aromatic N) is 3. The van der Waals surface area contributed by atoms with Crippen molar-refractivity contribution in [3.63, 3.8) is 0 Å². The van der Waals surface area contributed by atoms with E-state index >= 15 is 0 Å². The first-order valence-electron chi connectivity index (χ1n) is 8.04. The molecule has 0 radical (unpaired) electrons. The number of hydrogen-bond donors (Lipinski definition) is 2. The summed E-state index contributed by atoms with van der Waals surface area (Å²) in [4.78, 5) is 4.60. The Morgan fingerprint density at radius 2 is 1.96 bits per heavy atom. The van der Waals surface area contributed by atoms with E-state index in [9.17, 15) is 5.26 Å². The SMILES string of the molecule is COc1cccc([C@H]2Nc3nc4ccccc4n3C(N)=C2C#N)c1OC. The first-order chi connectivity index (χ1) is 12.7. The zero-order chi connectivity index (χ0) is 18.3. The molecule has 2 aromatic carbocycles. The van der Waals surface area contributed by atoms with Crippen LogP contribution in [-0.4, -0.2) is 23.8 Å². The van der Waals surface area contributed by atoms with Gasteiger partial charge in [-0.15, -0.1) is 0 Å². The quantitative estimate of drug-likeness (QED) is 0.756. The summed E-state index contributed by atoms with van der Waals surface area (Å²) in [6.07, 6.45) is 0. The van der Waals surface area contributed by atoms with Crippen LogP contribution in [0.15, 0.2) is 48.0 Å². The zero-order valence-electron chi connectivity index (χ0n) is 14.4. The third-order valence-corrected chi connectivity index (χ3v) is 4.50. The van der Waals surface area contributed by atoms with Crippen LogP contribution in [0.2, 0.25) is 0 Å². The minimum atomic E-state index is -0.491. The molecule has 26 heavy (non-hydrogen) atoms. The van der Waals surface area contributed by atoms with E-state index in [1.807, 2.05) is 36.4 Å². The number of aromatic nitrogens is 2. The van der Waals surface area contributed by atoms with Crippen LogP contribution in [0.5, 0.6) is 11.5 Å². The van der Waals surface area contributed by atoms with Crippen molar-refractivity contribution < 1.29 is 9.47 Å². The smallest absolute Gasteiger partial charge is 0.210 e. The number of hydrogen-bond acceptors (Lipinski definition) is 6. The second-order valence-corrected chi connectivity index (χ2v) is 5.83. The normalized spacial score (nSPS) is 16.0. The lowest BCUT2D eigenvalue weighted by molar-refractivity contribution is 0.351. The molecule has 0 saturated heterocycles. The monoisotopic (exact) mass is 347 g/mol. The van der Waals surface area contributed by atoms with Crippen LogP contribution >= 0.6 is 0 Å². The molecule has 0 unspecified atom stereocenters. The molecule has 1 atom stereocenters. The van der Waals surface area contributed by atoms with Crippen molar-refractivity contribution in [2.24, 2.45) is 5.73 Å². The number of nitrogens with one attached hydrogen (secondary N) is 1. The lowest BCUT2D eigenvalue weighted by atomic mass is 9.97. The molecule has 4 rings (SSSR count). The molecule has 0 bridgehead atoms. The number of nitriles is 1. The van der Waals surface area contributed by atoms with Crippen LogP contribution in [0, 0.1) is 11.3 Å². The van der Waals surface area contributed by atoms with Crippen LogP contribution in [-0.2, 0) is 0 Å². The van der Waals surface area contributed by atoms with Gasteiger partial charge in [0, 0.05) is 5.56 Å². The molecule has 0 fully saturated rings. The van der Waals surface area contributed by atoms with Crippen molar-refractivity contribution in [1.82, 2.24) is 9.55 Å². The van der Waals surface area contributed by atoms with Gasteiger partial charge in [0.1, 0.15) is 11.9 Å². The number of fused-ring (bicyclic) bond motifs is 3. The first-order valence-corrected chi connectivity index (χ1v) is 8.04. The van der Waals surface area contributed by atoms with Gasteiger partial charge in [-0.1, -0.05) is 24.3 Å². The van der Waals surface area contributed by atoms with E-state index in [1.165, 1.54) is 0 Å². The Balaban J connectivity index is 1.94. The highest BCUT2D eigenvalue weighted by Gasteiger charge is 2.32.